The Bertz CT molecular complexity index is 815. The van der Waals surface area contributed by atoms with Crippen LogP contribution in [0.3, 0.4) is 0 Å². The van der Waals surface area contributed by atoms with Crippen molar-refractivity contribution in [1.82, 2.24) is 20.5 Å². The Labute approximate surface area is 215 Å². The van der Waals surface area contributed by atoms with Crippen molar-refractivity contribution in [3.63, 3.8) is 0 Å². The number of hydrogen-bond donors (Lipinski definition) is 2. The van der Waals surface area contributed by atoms with Crippen LogP contribution in [0.2, 0.25) is 0 Å². The van der Waals surface area contributed by atoms with E-state index in [0.29, 0.717) is 19.2 Å². The van der Waals surface area contributed by atoms with Gasteiger partial charge in [-0.3, -0.25) is 9.88 Å². The Kier molecular flexibility index (Phi) is 13.1. The SMILES string of the molecule is CCNC(=NCc1cccc(OCCN(C)C2CCOCC2)c1)NCCc1ccccn1.I. The quantitative estimate of drug-likeness (QED) is 0.246. The second-order valence-electron chi connectivity index (χ2n) is 8.01. The Morgan fingerprint density at radius 1 is 1.18 bits per heavy atom. The van der Waals surface area contributed by atoms with Crippen molar-refractivity contribution in [1.29, 1.82) is 0 Å². The molecular weight excluding hydrogens is 529 g/mol. The van der Waals surface area contributed by atoms with Crippen LogP contribution < -0.4 is 15.4 Å². The summed E-state index contributed by atoms with van der Waals surface area (Å²) in [7, 11) is 2.17. The van der Waals surface area contributed by atoms with Gasteiger partial charge in [0.25, 0.3) is 0 Å². The first-order valence-corrected chi connectivity index (χ1v) is 11.7. The van der Waals surface area contributed by atoms with Gasteiger partial charge in [0, 0.05) is 57.2 Å². The molecule has 182 valence electrons. The van der Waals surface area contributed by atoms with Crippen LogP contribution in [0.5, 0.6) is 5.75 Å². The fourth-order valence-corrected chi connectivity index (χ4v) is 3.72. The summed E-state index contributed by atoms with van der Waals surface area (Å²) in [5, 5.41) is 6.69. The number of aliphatic imine (C=N–C) groups is 1. The van der Waals surface area contributed by atoms with Crippen LogP contribution in [-0.2, 0) is 17.7 Å². The molecule has 1 aliphatic rings. The molecule has 7 nitrogen and oxygen atoms in total. The number of halogens is 1. The van der Waals surface area contributed by atoms with Gasteiger partial charge < -0.3 is 20.1 Å². The number of guanidine groups is 1. The summed E-state index contributed by atoms with van der Waals surface area (Å²) in [6.45, 7) is 7.60. The van der Waals surface area contributed by atoms with Crippen LogP contribution in [0.25, 0.3) is 0 Å². The molecule has 2 N–H and O–H groups in total. The van der Waals surface area contributed by atoms with E-state index >= 15 is 0 Å². The van der Waals surface area contributed by atoms with Crippen molar-refractivity contribution in [3.8, 4) is 5.75 Å². The fraction of sp³-hybridized carbons (Fsp3) is 0.520. The zero-order valence-corrected chi connectivity index (χ0v) is 22.2. The van der Waals surface area contributed by atoms with E-state index < -0.39 is 0 Å². The van der Waals surface area contributed by atoms with E-state index in [0.717, 1.165) is 75.1 Å². The fourth-order valence-electron chi connectivity index (χ4n) is 3.72. The highest BCUT2D eigenvalue weighted by molar-refractivity contribution is 14.0. The summed E-state index contributed by atoms with van der Waals surface area (Å²) in [4.78, 5) is 11.5. The van der Waals surface area contributed by atoms with E-state index in [4.69, 9.17) is 14.5 Å². The summed E-state index contributed by atoms with van der Waals surface area (Å²) in [6, 6.07) is 14.8. The molecule has 2 heterocycles. The van der Waals surface area contributed by atoms with E-state index in [-0.39, 0.29) is 24.0 Å². The Balaban J connectivity index is 0.00000385. The first-order valence-electron chi connectivity index (χ1n) is 11.7. The number of pyridine rings is 1. The third kappa shape index (κ3) is 10.3. The van der Waals surface area contributed by atoms with Crippen LogP contribution in [0.4, 0.5) is 0 Å². The highest BCUT2D eigenvalue weighted by atomic mass is 127. The number of nitrogens with one attached hydrogen (secondary N) is 2. The van der Waals surface area contributed by atoms with Crippen molar-refractivity contribution in [3.05, 3.63) is 59.9 Å². The Morgan fingerprint density at radius 2 is 2.03 bits per heavy atom. The van der Waals surface area contributed by atoms with Gasteiger partial charge in [0.2, 0.25) is 0 Å². The predicted octanol–water partition coefficient (Wildman–Crippen LogP) is 3.49. The van der Waals surface area contributed by atoms with Crippen LogP contribution in [0.15, 0.2) is 53.7 Å². The number of hydrogen-bond acceptors (Lipinski definition) is 5. The average molecular weight is 568 g/mol. The van der Waals surface area contributed by atoms with Crippen molar-refractivity contribution >= 4 is 29.9 Å². The van der Waals surface area contributed by atoms with E-state index in [1.54, 1.807) is 0 Å². The van der Waals surface area contributed by atoms with Gasteiger partial charge in [0.1, 0.15) is 12.4 Å². The lowest BCUT2D eigenvalue weighted by molar-refractivity contribution is 0.0392. The highest BCUT2D eigenvalue weighted by Crippen LogP contribution is 2.15. The number of ether oxygens (including phenoxy) is 2. The molecule has 1 fully saturated rings. The number of rotatable bonds is 11. The average Bonchev–Trinajstić information content (AvgIpc) is 2.84. The van der Waals surface area contributed by atoms with Gasteiger partial charge in [-0.25, -0.2) is 4.99 Å². The van der Waals surface area contributed by atoms with E-state index in [1.165, 1.54) is 0 Å². The zero-order valence-electron chi connectivity index (χ0n) is 19.8. The lowest BCUT2D eigenvalue weighted by Crippen LogP contribution is -2.38. The van der Waals surface area contributed by atoms with Crippen LogP contribution >= 0.6 is 24.0 Å². The summed E-state index contributed by atoms with van der Waals surface area (Å²) in [5.74, 6) is 1.71. The van der Waals surface area contributed by atoms with Gasteiger partial charge in [0.15, 0.2) is 5.96 Å². The summed E-state index contributed by atoms with van der Waals surface area (Å²) >= 11 is 0. The lowest BCUT2D eigenvalue weighted by Gasteiger charge is -2.31. The molecule has 0 atom stereocenters. The minimum atomic E-state index is 0. The lowest BCUT2D eigenvalue weighted by atomic mass is 10.1. The summed E-state index contributed by atoms with van der Waals surface area (Å²) in [6.07, 6.45) is 4.89. The molecule has 0 bridgehead atoms. The number of nitrogens with zero attached hydrogens (tertiary/aromatic N) is 3. The molecule has 33 heavy (non-hydrogen) atoms. The second-order valence-corrected chi connectivity index (χ2v) is 8.01. The smallest absolute Gasteiger partial charge is 0.191 e. The molecule has 0 unspecified atom stereocenters. The summed E-state index contributed by atoms with van der Waals surface area (Å²) in [5.41, 5.74) is 2.20. The first-order chi connectivity index (χ1) is 15.7. The monoisotopic (exact) mass is 567 g/mol. The molecule has 0 amide bonds. The molecule has 0 saturated carbocycles. The molecule has 0 radical (unpaired) electrons. The molecule has 0 spiro atoms. The van der Waals surface area contributed by atoms with Gasteiger partial charge >= 0.3 is 0 Å². The van der Waals surface area contributed by atoms with Crippen LogP contribution in [-0.4, -0.2) is 68.4 Å². The van der Waals surface area contributed by atoms with Gasteiger partial charge in [-0.1, -0.05) is 18.2 Å². The van der Waals surface area contributed by atoms with Crippen molar-refractivity contribution in [2.24, 2.45) is 4.99 Å². The molecule has 1 aromatic carbocycles. The maximum atomic E-state index is 6.02. The molecular formula is C25H38IN5O2. The van der Waals surface area contributed by atoms with Gasteiger partial charge in [0.05, 0.1) is 6.54 Å². The largest absolute Gasteiger partial charge is 0.492 e. The second kappa shape index (κ2) is 15.8. The number of aromatic nitrogens is 1. The standard InChI is InChI=1S/C25H37N5O2.HI/c1-3-26-25(28-14-10-22-8-4-5-13-27-22)29-20-21-7-6-9-24(19-21)32-18-15-30(2)23-11-16-31-17-12-23;/h4-9,13,19,23H,3,10-12,14-18,20H2,1-2H3,(H2,26,28,29);1H. The maximum absolute atomic E-state index is 6.02. The normalized spacial score (nSPS) is 14.6. The van der Waals surface area contributed by atoms with Gasteiger partial charge in [-0.15, -0.1) is 24.0 Å². The zero-order chi connectivity index (χ0) is 22.4. The Morgan fingerprint density at radius 3 is 2.79 bits per heavy atom. The van der Waals surface area contributed by atoms with Gasteiger partial charge in [-0.2, -0.15) is 0 Å². The Hall–Kier alpha value is -1.91. The molecule has 8 heteroatoms. The topological polar surface area (TPSA) is 71.0 Å². The highest BCUT2D eigenvalue weighted by Gasteiger charge is 2.17. The number of likely N-dealkylation sites (N-methyl/N-ethyl adjacent to an activating group) is 1. The van der Waals surface area contributed by atoms with E-state index in [1.807, 2.05) is 36.5 Å². The third-order valence-electron chi connectivity index (χ3n) is 5.59. The number of benzene rings is 1. The molecule has 1 aliphatic heterocycles. The van der Waals surface area contributed by atoms with Crippen molar-refractivity contribution in [2.75, 3.05) is 46.5 Å². The maximum Gasteiger partial charge on any atom is 0.191 e. The molecule has 2 aromatic rings. The van der Waals surface area contributed by atoms with Crippen molar-refractivity contribution in [2.45, 2.75) is 38.8 Å². The van der Waals surface area contributed by atoms with Crippen molar-refractivity contribution < 1.29 is 9.47 Å². The summed E-state index contributed by atoms with van der Waals surface area (Å²) < 4.78 is 11.5. The van der Waals surface area contributed by atoms with E-state index in [2.05, 4.69) is 46.6 Å². The molecule has 3 rings (SSSR count). The van der Waals surface area contributed by atoms with Crippen LogP contribution in [0, 0.1) is 0 Å². The predicted molar refractivity (Wildman–Crippen MR) is 145 cm³/mol. The minimum absolute atomic E-state index is 0. The minimum Gasteiger partial charge on any atom is -0.492 e. The molecule has 0 aliphatic carbocycles. The van der Waals surface area contributed by atoms with Crippen LogP contribution in [0.1, 0.15) is 31.0 Å². The third-order valence-corrected chi connectivity index (χ3v) is 5.59. The van der Waals surface area contributed by atoms with Gasteiger partial charge in [-0.05, 0) is 56.6 Å². The van der Waals surface area contributed by atoms with E-state index in [9.17, 15) is 0 Å². The first kappa shape index (κ1) is 27.3. The molecule has 1 aromatic heterocycles. The molecule has 1 saturated heterocycles.